The van der Waals surface area contributed by atoms with Crippen LogP contribution in [0.1, 0.15) is 42.1 Å². The van der Waals surface area contributed by atoms with Crippen molar-refractivity contribution >= 4 is 28.9 Å². The minimum atomic E-state index is 0.221. The third-order valence-electron chi connectivity index (χ3n) is 4.13. The molecule has 0 amide bonds. The van der Waals surface area contributed by atoms with Crippen LogP contribution in [0, 0.1) is 0 Å². The van der Waals surface area contributed by atoms with Gasteiger partial charge in [0.05, 0.1) is 18.3 Å². The highest BCUT2D eigenvalue weighted by Crippen LogP contribution is 2.20. The Hall–Kier alpha value is -1.63. The number of hydrogen-bond donors (Lipinski definition) is 2. The molecule has 7 heteroatoms. The zero-order chi connectivity index (χ0) is 19.1. The van der Waals surface area contributed by atoms with E-state index in [9.17, 15) is 0 Å². The predicted octanol–water partition coefficient (Wildman–Crippen LogP) is 3.89. The summed E-state index contributed by atoms with van der Waals surface area (Å²) in [5.41, 5.74) is 2.36. The average Bonchev–Trinajstić information content (AvgIpc) is 3.08. The minimum Gasteiger partial charge on any atom is -0.354 e. The number of nitrogens with one attached hydrogen (secondary N) is 2. The summed E-state index contributed by atoms with van der Waals surface area (Å²) in [4.78, 5) is 11.1. The van der Waals surface area contributed by atoms with E-state index in [0.717, 1.165) is 28.2 Å². The Balaban J connectivity index is 1.92. The molecule has 0 saturated heterocycles. The number of likely N-dealkylation sites (N-methyl/N-ethyl adjacent to an activating group) is 1. The van der Waals surface area contributed by atoms with Crippen molar-refractivity contribution in [3.05, 3.63) is 50.9 Å². The Labute approximate surface area is 165 Å². The lowest BCUT2D eigenvalue weighted by Crippen LogP contribution is -2.41. The Morgan fingerprint density at radius 3 is 2.46 bits per heavy atom. The summed E-state index contributed by atoms with van der Waals surface area (Å²) < 4.78 is 0. The maximum Gasteiger partial charge on any atom is 0.191 e. The summed E-state index contributed by atoms with van der Waals surface area (Å²) >= 11 is 7.68. The van der Waals surface area contributed by atoms with Crippen LogP contribution in [-0.2, 0) is 6.54 Å². The molecule has 2 aromatic rings. The Morgan fingerprint density at radius 1 is 1.23 bits per heavy atom. The molecule has 0 aliphatic rings. The molecule has 0 aliphatic carbocycles. The van der Waals surface area contributed by atoms with Crippen LogP contribution in [0.15, 0.2) is 34.6 Å². The maximum absolute atomic E-state index is 6.00. The second-order valence-electron chi connectivity index (χ2n) is 6.66. The summed E-state index contributed by atoms with van der Waals surface area (Å²) in [5, 5.41) is 10.7. The van der Waals surface area contributed by atoms with Crippen molar-refractivity contribution < 1.29 is 0 Å². The topological polar surface area (TPSA) is 52.6 Å². The monoisotopic (exact) mass is 393 g/mol. The first-order valence-electron chi connectivity index (χ1n) is 8.71. The van der Waals surface area contributed by atoms with Gasteiger partial charge in [0.1, 0.15) is 5.01 Å². The summed E-state index contributed by atoms with van der Waals surface area (Å²) in [5.74, 6) is 1.23. The number of thiazole rings is 1. The summed E-state index contributed by atoms with van der Waals surface area (Å²) in [6.45, 7) is 5.73. The zero-order valence-corrected chi connectivity index (χ0v) is 17.7. The fourth-order valence-electron chi connectivity index (χ4n) is 2.53. The molecule has 0 fully saturated rings. The van der Waals surface area contributed by atoms with Crippen LogP contribution in [0.4, 0.5) is 0 Å². The average molecular weight is 394 g/mol. The van der Waals surface area contributed by atoms with E-state index in [1.807, 2.05) is 12.1 Å². The Kier molecular flexibility index (Phi) is 7.87. The van der Waals surface area contributed by atoms with Gasteiger partial charge < -0.3 is 15.5 Å². The number of aliphatic imine (C=N–C) groups is 1. The van der Waals surface area contributed by atoms with Crippen molar-refractivity contribution in [2.45, 2.75) is 32.4 Å². The van der Waals surface area contributed by atoms with Gasteiger partial charge in [-0.2, -0.15) is 0 Å². The largest absolute Gasteiger partial charge is 0.354 e. The molecule has 1 heterocycles. The molecular formula is C19H28ClN5S. The Morgan fingerprint density at radius 2 is 1.92 bits per heavy atom. The highest BCUT2D eigenvalue weighted by molar-refractivity contribution is 7.09. The maximum atomic E-state index is 6.00. The molecule has 1 aromatic carbocycles. The second-order valence-corrected chi connectivity index (χ2v) is 8.04. The van der Waals surface area contributed by atoms with Crippen LogP contribution in [0.5, 0.6) is 0 Å². The summed E-state index contributed by atoms with van der Waals surface area (Å²) in [6.07, 6.45) is 0. The standard InChI is InChI=1S/C19H28ClN5S/c1-13(2)16-12-26-18(24-16)11-23-19(21-3)22-10-17(25(4)5)14-6-8-15(20)9-7-14/h6-9,12-13,17H,10-11H2,1-5H3,(H2,21,22,23). The van der Waals surface area contributed by atoms with Gasteiger partial charge in [-0.3, -0.25) is 4.99 Å². The van der Waals surface area contributed by atoms with E-state index < -0.39 is 0 Å². The number of rotatable bonds is 7. The van der Waals surface area contributed by atoms with Gasteiger partial charge in [0.25, 0.3) is 0 Å². The van der Waals surface area contributed by atoms with E-state index in [2.05, 4.69) is 71.0 Å². The van der Waals surface area contributed by atoms with Gasteiger partial charge in [0.2, 0.25) is 0 Å². The van der Waals surface area contributed by atoms with E-state index >= 15 is 0 Å². The number of nitrogens with zero attached hydrogens (tertiary/aromatic N) is 3. The van der Waals surface area contributed by atoms with Gasteiger partial charge in [-0.05, 0) is 37.7 Å². The number of aromatic nitrogens is 1. The van der Waals surface area contributed by atoms with Crippen LogP contribution < -0.4 is 10.6 Å². The lowest BCUT2D eigenvalue weighted by molar-refractivity contribution is 0.298. The van der Waals surface area contributed by atoms with Gasteiger partial charge in [0, 0.05) is 24.0 Å². The smallest absolute Gasteiger partial charge is 0.191 e. The van der Waals surface area contributed by atoms with Crippen molar-refractivity contribution in [1.82, 2.24) is 20.5 Å². The van der Waals surface area contributed by atoms with Crippen molar-refractivity contribution in [2.75, 3.05) is 27.7 Å². The van der Waals surface area contributed by atoms with Gasteiger partial charge in [0.15, 0.2) is 5.96 Å². The minimum absolute atomic E-state index is 0.221. The molecule has 0 aliphatic heterocycles. The molecule has 0 bridgehead atoms. The lowest BCUT2D eigenvalue weighted by Gasteiger charge is -2.26. The number of guanidine groups is 1. The van der Waals surface area contributed by atoms with Crippen LogP contribution in [0.3, 0.4) is 0 Å². The van der Waals surface area contributed by atoms with Gasteiger partial charge in [-0.15, -0.1) is 11.3 Å². The van der Waals surface area contributed by atoms with E-state index in [0.29, 0.717) is 12.5 Å². The molecule has 142 valence electrons. The molecule has 0 radical (unpaired) electrons. The zero-order valence-electron chi connectivity index (χ0n) is 16.1. The van der Waals surface area contributed by atoms with Gasteiger partial charge >= 0.3 is 0 Å². The SMILES string of the molecule is CN=C(NCc1nc(C(C)C)cs1)NCC(c1ccc(Cl)cc1)N(C)C. The van der Waals surface area contributed by atoms with Crippen molar-refractivity contribution in [3.63, 3.8) is 0 Å². The Bertz CT molecular complexity index is 709. The molecule has 0 spiro atoms. The van der Waals surface area contributed by atoms with Gasteiger partial charge in [-0.1, -0.05) is 37.6 Å². The molecule has 2 rings (SSSR count). The van der Waals surface area contributed by atoms with Crippen LogP contribution in [0.25, 0.3) is 0 Å². The normalized spacial score (nSPS) is 13.3. The molecular weight excluding hydrogens is 366 g/mol. The fourth-order valence-corrected chi connectivity index (χ4v) is 3.55. The first-order chi connectivity index (χ1) is 12.4. The van der Waals surface area contributed by atoms with Gasteiger partial charge in [-0.25, -0.2) is 4.98 Å². The molecule has 1 aromatic heterocycles. The van der Waals surface area contributed by atoms with E-state index in [-0.39, 0.29) is 6.04 Å². The van der Waals surface area contributed by atoms with Crippen LogP contribution in [0.2, 0.25) is 5.02 Å². The van der Waals surface area contributed by atoms with Crippen molar-refractivity contribution in [3.8, 4) is 0 Å². The third-order valence-corrected chi connectivity index (χ3v) is 5.25. The number of hydrogen-bond acceptors (Lipinski definition) is 4. The molecule has 5 nitrogen and oxygen atoms in total. The molecule has 2 N–H and O–H groups in total. The summed E-state index contributed by atoms with van der Waals surface area (Å²) in [6, 6.07) is 8.20. The van der Waals surface area contributed by atoms with E-state index in [1.54, 1.807) is 18.4 Å². The molecule has 1 atom stereocenters. The highest BCUT2D eigenvalue weighted by Gasteiger charge is 2.15. The third kappa shape index (κ3) is 5.97. The first kappa shape index (κ1) is 20.7. The van der Waals surface area contributed by atoms with Crippen LogP contribution >= 0.6 is 22.9 Å². The first-order valence-corrected chi connectivity index (χ1v) is 9.97. The number of benzene rings is 1. The highest BCUT2D eigenvalue weighted by atomic mass is 35.5. The lowest BCUT2D eigenvalue weighted by atomic mass is 10.1. The predicted molar refractivity (Wildman–Crippen MR) is 112 cm³/mol. The van der Waals surface area contributed by atoms with Crippen molar-refractivity contribution in [2.24, 2.45) is 4.99 Å². The number of halogens is 1. The van der Waals surface area contributed by atoms with Crippen molar-refractivity contribution in [1.29, 1.82) is 0 Å². The quantitative estimate of drug-likeness (QED) is 0.553. The summed E-state index contributed by atoms with van der Waals surface area (Å²) in [7, 11) is 5.92. The van der Waals surface area contributed by atoms with E-state index in [4.69, 9.17) is 11.6 Å². The molecule has 26 heavy (non-hydrogen) atoms. The fraction of sp³-hybridized carbons (Fsp3) is 0.474. The van der Waals surface area contributed by atoms with E-state index in [1.165, 1.54) is 5.56 Å². The molecule has 1 unspecified atom stereocenters. The molecule has 0 saturated carbocycles. The van der Waals surface area contributed by atoms with Crippen LogP contribution in [-0.4, -0.2) is 43.5 Å². The second kappa shape index (κ2) is 9.90.